The lowest BCUT2D eigenvalue weighted by Gasteiger charge is -2.19. The Hall–Kier alpha value is -2.08. The highest BCUT2D eigenvalue weighted by Crippen LogP contribution is 2.23. The van der Waals surface area contributed by atoms with E-state index in [4.69, 9.17) is 5.11 Å². The molecule has 28 heavy (non-hydrogen) atoms. The molecule has 0 atom stereocenters. The molecule has 5 nitrogen and oxygen atoms in total. The molecule has 1 aromatic carbocycles. The summed E-state index contributed by atoms with van der Waals surface area (Å²) in [5, 5.41) is 9.37. The fourth-order valence-electron chi connectivity index (χ4n) is 2.93. The normalized spacial score (nSPS) is 11.6. The van der Waals surface area contributed by atoms with Gasteiger partial charge in [-0.15, -0.1) is 0 Å². The van der Waals surface area contributed by atoms with Gasteiger partial charge < -0.3 is 5.11 Å². The summed E-state index contributed by atoms with van der Waals surface area (Å²) >= 11 is 1.51. The fourth-order valence-corrected chi connectivity index (χ4v) is 3.94. The van der Waals surface area contributed by atoms with Crippen LogP contribution in [0.5, 0.6) is 0 Å². The Morgan fingerprint density at radius 1 is 1.18 bits per heavy atom. The maximum atomic E-state index is 12.9. The second-order valence-corrected chi connectivity index (χ2v) is 9.21. The molecule has 1 heterocycles. The maximum absolute atomic E-state index is 12.9. The first-order chi connectivity index (χ1) is 13.1. The van der Waals surface area contributed by atoms with Crippen LogP contribution in [0.2, 0.25) is 0 Å². The molecule has 1 N–H and O–H groups in total. The average molecular weight is 403 g/mol. The Balaban J connectivity index is 2.11. The first kappa shape index (κ1) is 22.2. The van der Waals surface area contributed by atoms with Gasteiger partial charge in [0.25, 0.3) is 5.56 Å². The van der Waals surface area contributed by atoms with Gasteiger partial charge in [-0.05, 0) is 36.3 Å². The number of aliphatic carboxylic acids is 1. The Kier molecular flexibility index (Phi) is 7.47. The SMILES string of the molecule is Cc1nc(SCCCCC(=O)O)n(C)c(=O)c1Cc1ccc(C(C)(C)C)cc1. The smallest absolute Gasteiger partial charge is 0.303 e. The monoisotopic (exact) mass is 402 g/mol. The molecule has 0 unspecified atom stereocenters. The van der Waals surface area contributed by atoms with E-state index < -0.39 is 5.97 Å². The number of hydrogen-bond donors (Lipinski definition) is 1. The summed E-state index contributed by atoms with van der Waals surface area (Å²) in [7, 11) is 1.75. The van der Waals surface area contributed by atoms with Crippen molar-refractivity contribution in [1.82, 2.24) is 9.55 Å². The molecule has 0 saturated heterocycles. The number of rotatable bonds is 8. The third kappa shape index (κ3) is 5.96. The van der Waals surface area contributed by atoms with Crippen LogP contribution in [0.3, 0.4) is 0 Å². The number of carbonyl (C=O) groups is 1. The van der Waals surface area contributed by atoms with Gasteiger partial charge in [-0.2, -0.15) is 0 Å². The van der Waals surface area contributed by atoms with E-state index in [9.17, 15) is 9.59 Å². The van der Waals surface area contributed by atoms with Crippen LogP contribution >= 0.6 is 11.8 Å². The molecule has 0 spiro atoms. The second-order valence-electron chi connectivity index (χ2n) is 8.15. The number of carboxylic acid groups (broad SMARTS) is 1. The first-order valence-electron chi connectivity index (χ1n) is 9.60. The third-order valence-electron chi connectivity index (χ3n) is 4.77. The molecule has 0 bridgehead atoms. The molecule has 0 fully saturated rings. The van der Waals surface area contributed by atoms with E-state index >= 15 is 0 Å². The van der Waals surface area contributed by atoms with Crippen LogP contribution in [0, 0.1) is 6.92 Å². The summed E-state index contributed by atoms with van der Waals surface area (Å²) in [6.07, 6.45) is 2.17. The highest BCUT2D eigenvalue weighted by atomic mass is 32.2. The van der Waals surface area contributed by atoms with E-state index in [0.29, 0.717) is 18.0 Å². The van der Waals surface area contributed by atoms with Gasteiger partial charge in [0.05, 0.1) is 0 Å². The molecule has 0 radical (unpaired) electrons. The number of nitrogens with zero attached hydrogens (tertiary/aromatic N) is 2. The molecular formula is C22H30N2O3S. The van der Waals surface area contributed by atoms with Crippen molar-refractivity contribution >= 4 is 17.7 Å². The Morgan fingerprint density at radius 2 is 1.82 bits per heavy atom. The predicted octanol–water partition coefficient (Wildman–Crippen LogP) is 4.32. The fraction of sp³-hybridized carbons (Fsp3) is 0.500. The number of unbranched alkanes of at least 4 members (excludes halogenated alkanes) is 1. The van der Waals surface area contributed by atoms with Crippen molar-refractivity contribution < 1.29 is 9.90 Å². The summed E-state index contributed by atoms with van der Waals surface area (Å²) in [5.74, 6) is -0.0214. The van der Waals surface area contributed by atoms with Crippen molar-refractivity contribution in [2.45, 2.75) is 63.9 Å². The zero-order valence-electron chi connectivity index (χ0n) is 17.4. The van der Waals surface area contributed by atoms with Gasteiger partial charge in [-0.1, -0.05) is 56.8 Å². The molecule has 2 aromatic rings. The van der Waals surface area contributed by atoms with Crippen LogP contribution in [0.4, 0.5) is 0 Å². The highest BCUT2D eigenvalue weighted by Gasteiger charge is 2.15. The minimum Gasteiger partial charge on any atom is -0.481 e. The lowest BCUT2D eigenvalue weighted by atomic mass is 9.86. The Morgan fingerprint density at radius 3 is 2.39 bits per heavy atom. The third-order valence-corrected chi connectivity index (χ3v) is 5.88. The molecule has 2 rings (SSSR count). The topological polar surface area (TPSA) is 72.2 Å². The number of thioether (sulfide) groups is 1. The summed E-state index contributed by atoms with van der Waals surface area (Å²) in [6.45, 7) is 8.44. The van der Waals surface area contributed by atoms with Crippen LogP contribution in [-0.4, -0.2) is 26.4 Å². The summed E-state index contributed by atoms with van der Waals surface area (Å²) in [4.78, 5) is 28.0. The zero-order valence-corrected chi connectivity index (χ0v) is 18.2. The van der Waals surface area contributed by atoms with Gasteiger partial charge >= 0.3 is 5.97 Å². The predicted molar refractivity (Wildman–Crippen MR) is 114 cm³/mol. The van der Waals surface area contributed by atoms with Crippen LogP contribution in [-0.2, 0) is 23.7 Å². The van der Waals surface area contributed by atoms with E-state index in [1.54, 1.807) is 11.6 Å². The minimum absolute atomic E-state index is 0.0135. The molecule has 0 aliphatic rings. The first-order valence-corrected chi connectivity index (χ1v) is 10.6. The molecule has 0 aliphatic heterocycles. The van der Waals surface area contributed by atoms with E-state index in [0.717, 1.165) is 29.0 Å². The average Bonchev–Trinajstić information content (AvgIpc) is 2.62. The molecule has 152 valence electrons. The van der Waals surface area contributed by atoms with E-state index in [2.05, 4.69) is 50.0 Å². The molecule has 1 aromatic heterocycles. The van der Waals surface area contributed by atoms with Crippen LogP contribution in [0.1, 0.15) is 62.4 Å². The molecule has 6 heteroatoms. The number of hydrogen-bond acceptors (Lipinski definition) is 4. The quantitative estimate of drug-likeness (QED) is 0.404. The molecular weight excluding hydrogens is 372 g/mol. The minimum atomic E-state index is -0.772. The molecule has 0 aliphatic carbocycles. The molecule has 0 amide bonds. The largest absolute Gasteiger partial charge is 0.481 e. The number of benzene rings is 1. The lowest BCUT2D eigenvalue weighted by molar-refractivity contribution is -0.137. The van der Waals surface area contributed by atoms with Crippen molar-refractivity contribution in [3.05, 3.63) is 57.0 Å². The maximum Gasteiger partial charge on any atom is 0.303 e. The number of aromatic nitrogens is 2. The van der Waals surface area contributed by atoms with Crippen LogP contribution in [0.15, 0.2) is 34.2 Å². The van der Waals surface area contributed by atoms with Crippen molar-refractivity contribution in [3.63, 3.8) is 0 Å². The summed E-state index contributed by atoms with van der Waals surface area (Å²) in [5.41, 5.74) is 3.95. The summed E-state index contributed by atoms with van der Waals surface area (Å²) in [6, 6.07) is 8.43. The Labute approximate surface area is 171 Å². The van der Waals surface area contributed by atoms with Gasteiger partial charge in [-0.3, -0.25) is 14.2 Å². The van der Waals surface area contributed by atoms with Gasteiger partial charge in [0.2, 0.25) is 0 Å². The van der Waals surface area contributed by atoms with Crippen molar-refractivity contribution in [3.8, 4) is 0 Å². The van der Waals surface area contributed by atoms with Crippen molar-refractivity contribution in [1.29, 1.82) is 0 Å². The van der Waals surface area contributed by atoms with E-state index in [1.165, 1.54) is 17.3 Å². The van der Waals surface area contributed by atoms with Gasteiger partial charge in [0, 0.05) is 36.9 Å². The van der Waals surface area contributed by atoms with Gasteiger partial charge in [-0.25, -0.2) is 4.98 Å². The van der Waals surface area contributed by atoms with E-state index in [1.807, 2.05) is 6.92 Å². The van der Waals surface area contributed by atoms with Crippen molar-refractivity contribution in [2.75, 3.05) is 5.75 Å². The molecule has 0 saturated carbocycles. The zero-order chi connectivity index (χ0) is 20.9. The highest BCUT2D eigenvalue weighted by molar-refractivity contribution is 7.99. The van der Waals surface area contributed by atoms with Gasteiger partial charge in [0.1, 0.15) is 0 Å². The van der Waals surface area contributed by atoms with Crippen LogP contribution in [0.25, 0.3) is 0 Å². The van der Waals surface area contributed by atoms with Crippen LogP contribution < -0.4 is 5.56 Å². The second kappa shape index (κ2) is 9.41. The van der Waals surface area contributed by atoms with Gasteiger partial charge in [0.15, 0.2) is 5.16 Å². The lowest BCUT2D eigenvalue weighted by Crippen LogP contribution is -2.25. The number of carboxylic acids is 1. The standard InChI is InChI=1S/C22H30N2O3S/c1-15-18(14-16-9-11-17(12-10-16)22(2,3)4)20(27)24(5)21(23-15)28-13-7-6-8-19(25)26/h9-12H,6-8,13-14H2,1-5H3,(H,25,26). The Bertz CT molecular complexity index is 880. The van der Waals surface area contributed by atoms with Crippen molar-refractivity contribution in [2.24, 2.45) is 7.05 Å². The van der Waals surface area contributed by atoms with E-state index in [-0.39, 0.29) is 17.4 Å². The number of aryl methyl sites for hydroxylation is 1. The summed E-state index contributed by atoms with van der Waals surface area (Å²) < 4.78 is 1.60.